The van der Waals surface area contributed by atoms with Crippen LogP contribution in [0.4, 0.5) is 16.2 Å². The second-order valence-corrected chi connectivity index (χ2v) is 7.05. The number of hydrogen-bond acceptors (Lipinski definition) is 6. The quantitative estimate of drug-likeness (QED) is 0.448. The van der Waals surface area contributed by atoms with Crippen LogP contribution in [0.25, 0.3) is 6.08 Å². The van der Waals surface area contributed by atoms with E-state index in [1.807, 2.05) is 0 Å². The summed E-state index contributed by atoms with van der Waals surface area (Å²) in [6.07, 6.45) is 1.30. The first-order valence-corrected chi connectivity index (χ1v) is 9.09. The summed E-state index contributed by atoms with van der Waals surface area (Å²) in [6.45, 7) is -0.445. The fourth-order valence-corrected chi connectivity index (χ4v) is 3.40. The first kappa shape index (κ1) is 19.6. The van der Waals surface area contributed by atoms with Crippen LogP contribution in [0.2, 0.25) is 5.02 Å². The van der Waals surface area contributed by atoms with Crippen molar-refractivity contribution in [1.82, 2.24) is 4.90 Å². The van der Waals surface area contributed by atoms with Gasteiger partial charge < -0.3 is 5.32 Å². The molecule has 2 aromatic rings. The van der Waals surface area contributed by atoms with Crippen LogP contribution in [-0.4, -0.2) is 33.4 Å². The third-order valence-electron chi connectivity index (χ3n) is 3.71. The smallest absolute Gasteiger partial charge is 0.294 e. The fraction of sp³-hybridized carbons (Fsp3) is 0.0556. The standard InChI is InChI=1S/C18H12ClN3O5S/c19-14-7-6-13(22(26)27)8-11(14)9-15-17(24)21(18(25)28-15)10-16(23)20-12-4-2-1-3-5-12/h1-9H,10H2,(H,20,23)/b15-9-. The van der Waals surface area contributed by atoms with Gasteiger partial charge in [-0.05, 0) is 36.0 Å². The molecule has 10 heteroatoms. The molecule has 0 spiro atoms. The molecule has 0 radical (unpaired) electrons. The number of carbonyl (C=O) groups excluding carboxylic acids is 3. The van der Waals surface area contributed by atoms with Crippen molar-refractivity contribution in [1.29, 1.82) is 0 Å². The lowest BCUT2D eigenvalue weighted by Gasteiger charge is -2.12. The molecule has 0 saturated carbocycles. The molecular formula is C18H12ClN3O5S. The predicted molar refractivity (Wildman–Crippen MR) is 106 cm³/mol. The molecular weight excluding hydrogens is 406 g/mol. The lowest BCUT2D eigenvalue weighted by atomic mass is 10.2. The average Bonchev–Trinajstić information content (AvgIpc) is 2.91. The Labute approximate surface area is 168 Å². The molecule has 1 heterocycles. The largest absolute Gasteiger partial charge is 0.325 e. The van der Waals surface area contributed by atoms with Gasteiger partial charge in [0.15, 0.2) is 0 Å². The second-order valence-electron chi connectivity index (χ2n) is 5.64. The van der Waals surface area contributed by atoms with E-state index in [0.29, 0.717) is 17.4 Å². The van der Waals surface area contributed by atoms with E-state index in [9.17, 15) is 24.5 Å². The van der Waals surface area contributed by atoms with Gasteiger partial charge in [-0.1, -0.05) is 29.8 Å². The van der Waals surface area contributed by atoms with E-state index in [-0.39, 0.29) is 21.2 Å². The van der Waals surface area contributed by atoms with Crippen LogP contribution in [0.5, 0.6) is 0 Å². The number of nitrogens with zero attached hydrogens (tertiary/aromatic N) is 2. The number of thioether (sulfide) groups is 1. The first-order chi connectivity index (χ1) is 13.3. The van der Waals surface area contributed by atoms with Gasteiger partial charge in [0.2, 0.25) is 5.91 Å². The number of non-ortho nitro benzene ring substituents is 1. The minimum atomic E-state index is -0.666. The Balaban J connectivity index is 1.76. The number of nitro benzene ring substituents is 1. The number of rotatable bonds is 5. The van der Waals surface area contributed by atoms with Crippen LogP contribution in [-0.2, 0) is 9.59 Å². The van der Waals surface area contributed by atoms with E-state index >= 15 is 0 Å². The Hall–Kier alpha value is -3.17. The molecule has 1 fully saturated rings. The summed E-state index contributed by atoms with van der Waals surface area (Å²) < 4.78 is 0. The lowest BCUT2D eigenvalue weighted by Crippen LogP contribution is -2.36. The number of anilines is 1. The molecule has 0 bridgehead atoms. The molecule has 2 aromatic carbocycles. The molecule has 3 amide bonds. The molecule has 0 atom stereocenters. The number of nitrogens with one attached hydrogen (secondary N) is 1. The molecule has 1 aliphatic heterocycles. The summed E-state index contributed by atoms with van der Waals surface area (Å²) in [5.41, 5.74) is 0.575. The third kappa shape index (κ3) is 4.38. The van der Waals surface area contributed by atoms with E-state index in [1.54, 1.807) is 30.3 Å². The van der Waals surface area contributed by atoms with Gasteiger partial charge >= 0.3 is 0 Å². The van der Waals surface area contributed by atoms with Crippen LogP contribution in [0.3, 0.4) is 0 Å². The number of halogens is 1. The number of para-hydroxylation sites is 1. The summed E-state index contributed by atoms with van der Waals surface area (Å²) in [6, 6.07) is 12.4. The van der Waals surface area contributed by atoms with Crippen LogP contribution in [0.15, 0.2) is 53.4 Å². The summed E-state index contributed by atoms with van der Waals surface area (Å²) in [7, 11) is 0. The average molecular weight is 418 g/mol. The predicted octanol–water partition coefficient (Wildman–Crippen LogP) is 3.92. The van der Waals surface area contributed by atoms with Gasteiger partial charge in [0.25, 0.3) is 16.8 Å². The van der Waals surface area contributed by atoms with Gasteiger partial charge in [-0.3, -0.25) is 29.4 Å². The molecule has 0 unspecified atom stereocenters. The summed E-state index contributed by atoms with van der Waals surface area (Å²) >= 11 is 6.66. The highest BCUT2D eigenvalue weighted by Gasteiger charge is 2.36. The number of carbonyl (C=O) groups is 3. The minimum absolute atomic E-state index is 0.0277. The fourth-order valence-electron chi connectivity index (χ4n) is 2.40. The van der Waals surface area contributed by atoms with Crippen LogP contribution >= 0.6 is 23.4 Å². The van der Waals surface area contributed by atoms with Crippen LogP contribution < -0.4 is 5.32 Å². The van der Waals surface area contributed by atoms with Crippen molar-refractivity contribution in [3.05, 3.63) is 74.1 Å². The Morgan fingerprint density at radius 1 is 1.21 bits per heavy atom. The Bertz CT molecular complexity index is 1010. The lowest BCUT2D eigenvalue weighted by molar-refractivity contribution is -0.384. The molecule has 1 aliphatic rings. The van der Waals surface area contributed by atoms with Crippen molar-refractivity contribution in [2.45, 2.75) is 0 Å². The van der Waals surface area contributed by atoms with Gasteiger partial charge in [-0.25, -0.2) is 0 Å². The van der Waals surface area contributed by atoms with Gasteiger partial charge in [-0.15, -0.1) is 0 Å². The summed E-state index contributed by atoms with van der Waals surface area (Å²) in [5, 5.41) is 13.1. The van der Waals surface area contributed by atoms with Crippen molar-refractivity contribution in [3.8, 4) is 0 Å². The molecule has 1 saturated heterocycles. The Morgan fingerprint density at radius 2 is 1.93 bits per heavy atom. The second kappa shape index (κ2) is 8.24. The topological polar surface area (TPSA) is 110 Å². The zero-order valence-electron chi connectivity index (χ0n) is 14.1. The molecule has 0 aromatic heterocycles. The zero-order valence-corrected chi connectivity index (χ0v) is 15.7. The SMILES string of the molecule is O=C(CN1C(=O)S/C(=C\c2cc([N+](=O)[O-])ccc2Cl)C1=O)Nc1ccccc1. The molecule has 3 rings (SSSR count). The highest BCUT2D eigenvalue weighted by molar-refractivity contribution is 8.18. The third-order valence-corrected chi connectivity index (χ3v) is 4.96. The number of hydrogen-bond donors (Lipinski definition) is 1. The monoisotopic (exact) mass is 417 g/mol. The summed E-state index contributed by atoms with van der Waals surface area (Å²) in [5.74, 6) is -1.19. The molecule has 28 heavy (non-hydrogen) atoms. The highest BCUT2D eigenvalue weighted by atomic mass is 35.5. The van der Waals surface area contributed by atoms with E-state index in [0.717, 1.165) is 4.90 Å². The van der Waals surface area contributed by atoms with E-state index in [1.165, 1.54) is 24.3 Å². The molecule has 0 aliphatic carbocycles. The maximum absolute atomic E-state index is 12.5. The molecule has 8 nitrogen and oxygen atoms in total. The van der Waals surface area contributed by atoms with Crippen molar-refractivity contribution in [2.24, 2.45) is 0 Å². The minimum Gasteiger partial charge on any atom is -0.325 e. The van der Waals surface area contributed by atoms with Crippen molar-refractivity contribution in [3.63, 3.8) is 0 Å². The van der Waals surface area contributed by atoms with Crippen molar-refractivity contribution in [2.75, 3.05) is 11.9 Å². The van der Waals surface area contributed by atoms with Crippen LogP contribution in [0.1, 0.15) is 5.56 Å². The van der Waals surface area contributed by atoms with E-state index < -0.39 is 28.5 Å². The van der Waals surface area contributed by atoms with Gasteiger partial charge in [0.1, 0.15) is 6.54 Å². The summed E-state index contributed by atoms with van der Waals surface area (Å²) in [4.78, 5) is 47.9. The van der Waals surface area contributed by atoms with Crippen molar-refractivity contribution >= 4 is 57.9 Å². The number of nitro groups is 1. The molecule has 1 N–H and O–H groups in total. The van der Waals surface area contributed by atoms with Gasteiger partial charge in [-0.2, -0.15) is 0 Å². The van der Waals surface area contributed by atoms with Crippen LogP contribution in [0, 0.1) is 10.1 Å². The molecule has 142 valence electrons. The van der Waals surface area contributed by atoms with Crippen molar-refractivity contribution < 1.29 is 19.3 Å². The highest BCUT2D eigenvalue weighted by Crippen LogP contribution is 2.34. The van der Waals surface area contributed by atoms with Gasteiger partial charge in [0, 0.05) is 28.4 Å². The Kier molecular flexibility index (Phi) is 5.76. The zero-order chi connectivity index (χ0) is 20.3. The Morgan fingerprint density at radius 3 is 2.61 bits per heavy atom. The first-order valence-electron chi connectivity index (χ1n) is 7.89. The number of imide groups is 1. The number of benzene rings is 2. The van der Waals surface area contributed by atoms with E-state index in [4.69, 9.17) is 11.6 Å². The van der Waals surface area contributed by atoms with Gasteiger partial charge in [0.05, 0.1) is 9.83 Å². The maximum atomic E-state index is 12.5. The normalized spacial score (nSPS) is 15.2. The number of amides is 3. The van der Waals surface area contributed by atoms with E-state index in [2.05, 4.69) is 5.32 Å². The maximum Gasteiger partial charge on any atom is 0.294 e.